The highest BCUT2D eigenvalue weighted by atomic mass is 19.1. The van der Waals surface area contributed by atoms with Crippen molar-refractivity contribution >= 4 is 44.4 Å². The smallest absolute Gasteiger partial charge is 0.251 e. The second-order valence-electron chi connectivity index (χ2n) is 9.21. The molecular weight excluding hydrogens is 469 g/mol. The molecule has 2 bridgehead atoms. The molecule has 0 saturated carbocycles. The molecule has 3 heterocycles. The number of fused-ring (bicyclic) bond motifs is 8. The maximum Gasteiger partial charge on any atom is 0.251 e. The summed E-state index contributed by atoms with van der Waals surface area (Å²) in [5.41, 5.74) is 11.5. The number of furan rings is 2. The van der Waals surface area contributed by atoms with Crippen molar-refractivity contribution in [1.29, 1.82) is 0 Å². The lowest BCUT2D eigenvalue weighted by Crippen LogP contribution is -2.23. The van der Waals surface area contributed by atoms with Crippen LogP contribution < -0.4 is 15.8 Å². The number of nitrogens with one attached hydrogen (secondary N) is 1. The molecular formula is C30H24FN3O3. The molecule has 3 aromatic carbocycles. The van der Waals surface area contributed by atoms with Crippen LogP contribution >= 0.6 is 0 Å². The molecule has 184 valence electrons. The number of rotatable bonds is 5. The number of benzene rings is 4. The minimum Gasteiger partial charge on any atom is -0.496 e. The first-order valence-corrected chi connectivity index (χ1v) is 11.9. The van der Waals surface area contributed by atoms with E-state index in [1.54, 1.807) is 25.3 Å². The normalized spacial score (nSPS) is 11.6. The number of nitrogen functional groups attached to an aromatic ring is 1. The number of carbonyl (C=O) groups excluding carboxylic acids is 1. The molecule has 7 heteroatoms. The van der Waals surface area contributed by atoms with Crippen LogP contribution in [-0.2, 0) is 6.54 Å². The molecule has 6 rings (SSSR count). The molecule has 0 spiro atoms. The van der Waals surface area contributed by atoms with Crippen LogP contribution in [0, 0.1) is 19.7 Å². The zero-order chi connectivity index (χ0) is 25.8. The molecule has 0 fully saturated rings. The maximum absolute atomic E-state index is 14.6. The van der Waals surface area contributed by atoms with Crippen molar-refractivity contribution in [3.63, 3.8) is 0 Å². The van der Waals surface area contributed by atoms with Crippen LogP contribution in [0.5, 0.6) is 5.75 Å². The molecule has 0 saturated heterocycles. The summed E-state index contributed by atoms with van der Waals surface area (Å²) in [6.45, 7) is 3.97. The van der Waals surface area contributed by atoms with E-state index in [0.717, 1.165) is 43.8 Å². The lowest BCUT2D eigenvalue weighted by Gasteiger charge is -2.13. The predicted molar refractivity (Wildman–Crippen MR) is 144 cm³/mol. The van der Waals surface area contributed by atoms with Gasteiger partial charge < -0.3 is 20.2 Å². The van der Waals surface area contributed by atoms with Gasteiger partial charge in [-0.25, -0.2) is 9.37 Å². The van der Waals surface area contributed by atoms with Crippen LogP contribution in [0.1, 0.15) is 27.2 Å². The van der Waals surface area contributed by atoms with Gasteiger partial charge in [-0.1, -0.05) is 18.2 Å². The quantitative estimate of drug-likeness (QED) is 0.267. The number of amides is 1. The Morgan fingerprint density at radius 1 is 1.00 bits per heavy atom. The molecule has 0 radical (unpaired) electrons. The second-order valence-corrected chi connectivity index (χ2v) is 9.21. The van der Waals surface area contributed by atoms with E-state index in [0.29, 0.717) is 34.0 Å². The number of halogens is 1. The Bertz CT molecular complexity index is 1820. The summed E-state index contributed by atoms with van der Waals surface area (Å²) in [4.78, 5) is 17.3. The van der Waals surface area contributed by atoms with Crippen LogP contribution in [0.4, 0.5) is 10.2 Å². The first kappa shape index (κ1) is 22.8. The van der Waals surface area contributed by atoms with Gasteiger partial charge in [0.15, 0.2) is 0 Å². The summed E-state index contributed by atoms with van der Waals surface area (Å²) in [6.07, 6.45) is 0. The molecule has 0 atom stereocenters. The molecule has 0 aliphatic heterocycles. The Hall–Kier alpha value is -4.65. The maximum atomic E-state index is 14.6. The van der Waals surface area contributed by atoms with E-state index in [-0.39, 0.29) is 18.3 Å². The van der Waals surface area contributed by atoms with E-state index >= 15 is 0 Å². The number of hydrogen-bond acceptors (Lipinski definition) is 5. The monoisotopic (exact) mass is 493 g/mol. The van der Waals surface area contributed by atoms with Crippen molar-refractivity contribution < 1.29 is 18.3 Å². The number of nitrogens with zero attached hydrogens (tertiary/aromatic N) is 1. The highest BCUT2D eigenvalue weighted by molar-refractivity contribution is 6.26. The number of hydrogen-bond donors (Lipinski definition) is 2. The fraction of sp³-hybridized carbons (Fsp3) is 0.133. The van der Waals surface area contributed by atoms with Gasteiger partial charge in [-0.05, 0) is 61.4 Å². The topological polar surface area (TPSA) is 90.4 Å². The average Bonchev–Trinajstić information content (AvgIpc) is 3.44. The fourth-order valence-corrected chi connectivity index (χ4v) is 5.13. The van der Waals surface area contributed by atoms with Gasteiger partial charge in [0.2, 0.25) is 0 Å². The third kappa shape index (κ3) is 3.62. The Kier molecular flexibility index (Phi) is 5.22. The van der Waals surface area contributed by atoms with Crippen LogP contribution in [0.3, 0.4) is 0 Å². The van der Waals surface area contributed by atoms with Crippen molar-refractivity contribution in [1.82, 2.24) is 10.3 Å². The second kappa shape index (κ2) is 8.48. The van der Waals surface area contributed by atoms with Gasteiger partial charge >= 0.3 is 0 Å². The van der Waals surface area contributed by atoms with Gasteiger partial charge in [0.05, 0.1) is 7.11 Å². The van der Waals surface area contributed by atoms with E-state index in [1.165, 1.54) is 6.07 Å². The van der Waals surface area contributed by atoms with Crippen LogP contribution in [0.2, 0.25) is 0 Å². The summed E-state index contributed by atoms with van der Waals surface area (Å²) in [5.74, 6) is 0.449. The molecule has 37 heavy (non-hydrogen) atoms. The zero-order valence-electron chi connectivity index (χ0n) is 20.6. The number of methoxy groups -OCH3 is 1. The Morgan fingerprint density at radius 3 is 2.49 bits per heavy atom. The molecule has 1 amide bonds. The van der Waals surface area contributed by atoms with E-state index in [9.17, 15) is 9.18 Å². The van der Waals surface area contributed by atoms with Crippen molar-refractivity contribution in [3.8, 4) is 16.9 Å². The minimum absolute atomic E-state index is 0.231. The van der Waals surface area contributed by atoms with E-state index in [2.05, 4.69) is 10.3 Å². The predicted octanol–water partition coefficient (Wildman–Crippen LogP) is 6.52. The van der Waals surface area contributed by atoms with Crippen molar-refractivity contribution in [3.05, 3.63) is 88.9 Å². The molecule has 0 unspecified atom stereocenters. The number of ether oxygens (including phenoxy) is 1. The number of carbonyl (C=O) groups is 1. The summed E-state index contributed by atoms with van der Waals surface area (Å²) >= 11 is 0. The van der Waals surface area contributed by atoms with E-state index in [1.807, 2.05) is 50.2 Å². The lowest BCUT2D eigenvalue weighted by atomic mass is 9.95. The first-order chi connectivity index (χ1) is 17.9. The van der Waals surface area contributed by atoms with Crippen molar-refractivity contribution in [2.75, 3.05) is 12.8 Å². The van der Waals surface area contributed by atoms with Gasteiger partial charge in [0, 0.05) is 56.5 Å². The Balaban J connectivity index is 1.36. The van der Waals surface area contributed by atoms with Crippen LogP contribution in [0.25, 0.3) is 43.8 Å². The standard InChI is InChI=1S/C30H24FN3O3/c1-15-5-4-6-24(31)27(15)17-7-9-19-21(11-17)29-22-12-18(8-10-20(22)28(19)37-29)30(35)33-14-23-16(2)34-26(32)13-25(23)36-3/h4-13H,14H2,1-3H3,(H2,32,34)(H,33,35). The van der Waals surface area contributed by atoms with Crippen molar-refractivity contribution in [2.24, 2.45) is 0 Å². The fourth-order valence-electron chi connectivity index (χ4n) is 5.13. The van der Waals surface area contributed by atoms with Gasteiger partial charge in [-0.15, -0.1) is 0 Å². The number of aromatic nitrogens is 1. The molecule has 0 aliphatic carbocycles. The highest BCUT2D eigenvalue weighted by Gasteiger charge is 2.20. The molecule has 3 aromatic heterocycles. The molecule has 0 aliphatic rings. The largest absolute Gasteiger partial charge is 0.496 e. The van der Waals surface area contributed by atoms with E-state index < -0.39 is 0 Å². The Morgan fingerprint density at radius 2 is 1.73 bits per heavy atom. The number of aryl methyl sites for hydroxylation is 2. The van der Waals surface area contributed by atoms with E-state index in [4.69, 9.17) is 14.9 Å². The molecule has 3 N–H and O–H groups in total. The number of anilines is 1. The van der Waals surface area contributed by atoms with Gasteiger partial charge in [-0.2, -0.15) is 0 Å². The summed E-state index contributed by atoms with van der Waals surface area (Å²) in [7, 11) is 1.56. The van der Waals surface area contributed by atoms with Gasteiger partial charge in [0.25, 0.3) is 5.91 Å². The molecule has 6 nitrogen and oxygen atoms in total. The Labute approximate surface area is 212 Å². The first-order valence-electron chi connectivity index (χ1n) is 11.9. The number of pyridine rings is 1. The SMILES string of the molecule is COc1cc(N)nc(C)c1CNC(=O)c1ccc2c(c1)c1oc2c2ccc(-c3c(C)cccc3F)cc21. The van der Waals surface area contributed by atoms with Crippen LogP contribution in [-0.4, -0.2) is 18.0 Å². The summed E-state index contributed by atoms with van der Waals surface area (Å²) in [6, 6.07) is 18.1. The van der Waals surface area contributed by atoms with Gasteiger partial charge in [-0.3, -0.25) is 4.79 Å². The molecule has 6 aromatic rings. The average molecular weight is 494 g/mol. The van der Waals surface area contributed by atoms with Crippen molar-refractivity contribution in [2.45, 2.75) is 20.4 Å². The lowest BCUT2D eigenvalue weighted by molar-refractivity contribution is 0.0950. The summed E-state index contributed by atoms with van der Waals surface area (Å²) < 4.78 is 26.2. The number of nitrogens with two attached hydrogens (primary N) is 1. The van der Waals surface area contributed by atoms with Gasteiger partial charge in [0.1, 0.15) is 28.6 Å². The zero-order valence-corrected chi connectivity index (χ0v) is 20.6. The third-order valence-corrected chi connectivity index (χ3v) is 6.95. The van der Waals surface area contributed by atoms with Crippen LogP contribution in [0.15, 0.2) is 65.1 Å². The highest BCUT2D eigenvalue weighted by Crippen LogP contribution is 2.42. The summed E-state index contributed by atoms with van der Waals surface area (Å²) in [5, 5.41) is 6.60. The third-order valence-electron chi connectivity index (χ3n) is 6.95. The minimum atomic E-state index is -0.260.